The van der Waals surface area contributed by atoms with Gasteiger partial charge in [0, 0.05) is 10.4 Å². The lowest BCUT2D eigenvalue weighted by Gasteiger charge is -2.24. The molecule has 0 bridgehead atoms. The maximum atomic E-state index is 11.6. The maximum Gasteiger partial charge on any atom is 0.402 e. The first-order valence-electron chi connectivity index (χ1n) is 16.7. The average Bonchev–Trinajstić information content (AvgIpc) is 2.95. The Bertz CT molecular complexity index is 793. The van der Waals surface area contributed by atoms with E-state index in [1.807, 2.05) is 24.3 Å². The summed E-state index contributed by atoms with van der Waals surface area (Å²) in [5.74, 6) is 0. The third-order valence-electron chi connectivity index (χ3n) is 8.39. The highest BCUT2D eigenvalue weighted by Crippen LogP contribution is 2.16. The molecule has 2 aromatic rings. The summed E-state index contributed by atoms with van der Waals surface area (Å²) in [5.41, 5.74) is 2.25. The van der Waals surface area contributed by atoms with E-state index in [2.05, 4.69) is 38.1 Å². The number of hydrogen-bond acceptors (Lipinski definition) is 2. The van der Waals surface area contributed by atoms with Crippen LogP contribution < -0.4 is 10.4 Å². The molecule has 0 atom stereocenters. The third-order valence-corrected chi connectivity index (χ3v) is 10.9. The fourth-order valence-electron chi connectivity index (χ4n) is 5.91. The molecule has 3 heteroatoms. The van der Waals surface area contributed by atoms with Gasteiger partial charge in [-0.25, -0.2) is 0 Å². The van der Waals surface area contributed by atoms with Crippen LogP contribution in [0.3, 0.4) is 0 Å². The Kier molecular flexibility index (Phi) is 18.5. The van der Waals surface area contributed by atoms with Crippen molar-refractivity contribution in [3.63, 3.8) is 0 Å². The summed E-state index contributed by atoms with van der Waals surface area (Å²) < 4.78 is 0. The van der Waals surface area contributed by atoms with E-state index in [-0.39, 0.29) is 0 Å². The van der Waals surface area contributed by atoms with Gasteiger partial charge in [0.1, 0.15) is 0 Å². The van der Waals surface area contributed by atoms with Gasteiger partial charge < -0.3 is 9.59 Å². The van der Waals surface area contributed by atoms with Gasteiger partial charge in [0.05, 0.1) is 0 Å². The molecular weight excluding hydrogens is 492 g/mol. The van der Waals surface area contributed by atoms with Crippen LogP contribution in [0.1, 0.15) is 153 Å². The highest BCUT2D eigenvalue weighted by molar-refractivity contribution is 6.91. The van der Waals surface area contributed by atoms with Gasteiger partial charge in [-0.2, -0.15) is 0 Å². The minimum Gasteiger partial charge on any atom is -0.404 e. The number of rotatable bonds is 24. The molecular formula is C36H60O2Si. The summed E-state index contributed by atoms with van der Waals surface area (Å²) >= 11 is 0. The van der Waals surface area contributed by atoms with Crippen LogP contribution >= 0.6 is 0 Å². The molecule has 0 saturated heterocycles. The van der Waals surface area contributed by atoms with E-state index in [0.717, 1.165) is 47.2 Å². The molecule has 2 nitrogen and oxygen atoms in total. The average molecular weight is 553 g/mol. The second-order valence-electron chi connectivity index (χ2n) is 11.9. The summed E-state index contributed by atoms with van der Waals surface area (Å²) in [6.45, 7) is 4.55. The van der Waals surface area contributed by atoms with Crippen LogP contribution in [0.5, 0.6) is 0 Å². The molecule has 39 heavy (non-hydrogen) atoms. The van der Waals surface area contributed by atoms with E-state index in [9.17, 15) is 9.59 Å². The van der Waals surface area contributed by atoms with Gasteiger partial charge in [-0.3, -0.25) is 0 Å². The van der Waals surface area contributed by atoms with Crippen LogP contribution in [0.25, 0.3) is 0 Å². The molecule has 0 saturated carbocycles. The van der Waals surface area contributed by atoms with Gasteiger partial charge in [0.15, 0.2) is 0 Å². The highest BCUT2D eigenvalue weighted by atomic mass is 28.4. The van der Waals surface area contributed by atoms with E-state index in [1.165, 1.54) is 116 Å². The van der Waals surface area contributed by atoms with Gasteiger partial charge in [-0.15, -0.1) is 0 Å². The van der Waals surface area contributed by atoms with Crippen molar-refractivity contribution in [2.24, 2.45) is 0 Å². The maximum absolute atomic E-state index is 11.6. The summed E-state index contributed by atoms with van der Waals surface area (Å²) in [5, 5.41) is 1.58. The van der Waals surface area contributed by atoms with Crippen LogP contribution in [0, 0.1) is 0 Å². The molecule has 220 valence electrons. The Hall–Kier alpha value is -1.42. The van der Waals surface area contributed by atoms with Gasteiger partial charge >= 0.3 is 8.56 Å². The van der Waals surface area contributed by atoms with Crippen LogP contribution in [0.15, 0.2) is 48.5 Å². The zero-order chi connectivity index (χ0) is 28.0. The van der Waals surface area contributed by atoms with Gasteiger partial charge in [-0.1, -0.05) is 178 Å². The Morgan fingerprint density at radius 1 is 0.410 bits per heavy atom. The van der Waals surface area contributed by atoms with E-state index >= 15 is 0 Å². The first-order chi connectivity index (χ1) is 19.1. The van der Waals surface area contributed by atoms with Gasteiger partial charge in [-0.05, 0) is 36.8 Å². The summed E-state index contributed by atoms with van der Waals surface area (Å²) in [4.78, 5) is 23.3. The molecule has 0 aliphatic heterocycles. The quantitative estimate of drug-likeness (QED) is 0.101. The minimum absolute atomic E-state index is 0.788. The molecule has 0 unspecified atom stereocenters. The topological polar surface area (TPSA) is 40.5 Å². The van der Waals surface area contributed by atoms with E-state index in [1.54, 1.807) is 0 Å². The van der Waals surface area contributed by atoms with Crippen molar-refractivity contribution in [3.05, 3.63) is 59.7 Å². The van der Waals surface area contributed by atoms with Crippen molar-refractivity contribution in [2.75, 3.05) is 0 Å². The zero-order valence-corrected chi connectivity index (χ0v) is 26.6. The Morgan fingerprint density at radius 2 is 0.692 bits per heavy atom. The molecule has 0 radical (unpaired) electrons. The predicted octanol–water partition coefficient (Wildman–Crippen LogP) is 9.15. The number of hydrogen-bond donors (Lipinski definition) is 2. The molecule has 0 aliphatic carbocycles. The van der Waals surface area contributed by atoms with E-state index in [4.69, 9.17) is 0 Å². The predicted molar refractivity (Wildman–Crippen MR) is 173 cm³/mol. The zero-order valence-electron chi connectivity index (χ0n) is 25.6. The monoisotopic (exact) mass is 552 g/mol. The van der Waals surface area contributed by atoms with Gasteiger partial charge in [0.25, 0.3) is 0 Å². The fourth-order valence-corrected chi connectivity index (χ4v) is 8.17. The lowest BCUT2D eigenvalue weighted by molar-refractivity contribution is 0.400. The molecule has 2 rings (SSSR count). The second kappa shape index (κ2) is 21.3. The summed E-state index contributed by atoms with van der Waals surface area (Å²) in [6.07, 6.45) is 28.2. The number of unbranched alkanes of at least 4 members (excludes halogenated alkanes) is 18. The van der Waals surface area contributed by atoms with Crippen molar-refractivity contribution in [2.45, 2.75) is 155 Å². The SMILES string of the molecule is CCCCCCCCCCCCc1ccccc1[Si](O)(O)c1ccccc1CCCCCCCCCCCC. The number of benzene rings is 2. The Labute approximate surface area is 242 Å². The van der Waals surface area contributed by atoms with Crippen LogP contribution in [-0.2, 0) is 12.8 Å². The summed E-state index contributed by atoms with van der Waals surface area (Å²) in [7, 11) is -3.74. The van der Waals surface area contributed by atoms with Crippen molar-refractivity contribution >= 4 is 18.9 Å². The first kappa shape index (κ1) is 33.8. The van der Waals surface area contributed by atoms with Crippen molar-refractivity contribution in [3.8, 4) is 0 Å². The van der Waals surface area contributed by atoms with Crippen LogP contribution in [-0.4, -0.2) is 18.2 Å². The first-order valence-corrected chi connectivity index (χ1v) is 18.6. The molecule has 2 aromatic carbocycles. The van der Waals surface area contributed by atoms with Crippen LogP contribution in [0.4, 0.5) is 0 Å². The largest absolute Gasteiger partial charge is 0.404 e. The number of aryl methyl sites for hydroxylation is 2. The molecule has 0 spiro atoms. The highest BCUT2D eigenvalue weighted by Gasteiger charge is 2.38. The fraction of sp³-hybridized carbons (Fsp3) is 0.667. The third kappa shape index (κ3) is 13.7. The summed E-state index contributed by atoms with van der Waals surface area (Å²) in [6, 6.07) is 16.2. The molecule has 0 heterocycles. The molecule has 0 aliphatic rings. The van der Waals surface area contributed by atoms with Gasteiger partial charge in [0.2, 0.25) is 0 Å². The molecule has 0 fully saturated rings. The minimum atomic E-state index is -3.74. The second-order valence-corrected chi connectivity index (χ2v) is 14.3. The van der Waals surface area contributed by atoms with Crippen molar-refractivity contribution < 1.29 is 9.59 Å². The molecule has 2 N–H and O–H groups in total. The Balaban J connectivity index is 1.81. The normalized spacial score (nSPS) is 11.8. The van der Waals surface area contributed by atoms with Crippen molar-refractivity contribution in [1.29, 1.82) is 0 Å². The Morgan fingerprint density at radius 3 is 1.03 bits per heavy atom. The molecule has 0 amide bonds. The van der Waals surface area contributed by atoms with Crippen LogP contribution in [0.2, 0.25) is 0 Å². The smallest absolute Gasteiger partial charge is 0.402 e. The molecule has 0 aromatic heterocycles. The standard InChI is InChI=1S/C36H60O2Si/c1-3-5-7-9-11-13-15-17-19-21-27-33-29-23-25-31-35(33)39(37,38)36-32-26-24-30-34(36)28-22-20-18-16-14-12-10-8-6-4-2/h23-26,29-32,37-38H,3-22,27-28H2,1-2H3. The lowest BCUT2D eigenvalue weighted by Crippen LogP contribution is -2.61. The van der Waals surface area contributed by atoms with E-state index in [0.29, 0.717) is 0 Å². The lowest BCUT2D eigenvalue weighted by atomic mass is 10.0. The van der Waals surface area contributed by atoms with E-state index < -0.39 is 8.56 Å². The van der Waals surface area contributed by atoms with Crippen molar-refractivity contribution in [1.82, 2.24) is 0 Å².